The third-order valence-corrected chi connectivity index (χ3v) is 3.94. The van der Waals surface area contributed by atoms with Gasteiger partial charge in [0.2, 0.25) is 5.91 Å². The molecule has 2 aromatic carbocycles. The van der Waals surface area contributed by atoms with Gasteiger partial charge in [-0.1, -0.05) is 12.1 Å². The van der Waals surface area contributed by atoms with Crippen molar-refractivity contribution in [1.29, 1.82) is 0 Å². The van der Waals surface area contributed by atoms with E-state index in [1.807, 2.05) is 6.92 Å². The van der Waals surface area contributed by atoms with Gasteiger partial charge in [-0.25, -0.2) is 4.79 Å². The van der Waals surface area contributed by atoms with Crippen molar-refractivity contribution in [3.8, 4) is 11.5 Å². The molecule has 0 fully saturated rings. The Morgan fingerprint density at radius 3 is 2.16 bits per heavy atom. The zero-order chi connectivity index (χ0) is 18.6. The number of aryl methyl sites for hydroxylation is 2. The maximum atomic E-state index is 12.5. The smallest absolute Gasteiger partial charge is 0.336 e. The van der Waals surface area contributed by atoms with E-state index >= 15 is 0 Å². The van der Waals surface area contributed by atoms with Crippen molar-refractivity contribution in [3.05, 3.63) is 52.6 Å². The Labute approximate surface area is 146 Å². The average Bonchev–Trinajstić information content (AvgIpc) is 2.57. The summed E-state index contributed by atoms with van der Waals surface area (Å²) in [4.78, 5) is 23.8. The molecule has 0 radical (unpaired) electrons. The maximum Gasteiger partial charge on any atom is 0.336 e. The van der Waals surface area contributed by atoms with Gasteiger partial charge < -0.3 is 19.9 Å². The predicted molar refractivity (Wildman–Crippen MR) is 94.8 cm³/mol. The Morgan fingerprint density at radius 1 is 1.04 bits per heavy atom. The normalized spacial score (nSPS) is 10.2. The number of rotatable bonds is 6. The average molecular weight is 343 g/mol. The molecule has 6 nitrogen and oxygen atoms in total. The minimum Gasteiger partial charge on any atom is -0.496 e. The first-order valence-corrected chi connectivity index (χ1v) is 7.71. The van der Waals surface area contributed by atoms with E-state index in [4.69, 9.17) is 9.47 Å². The number of hydrogen-bond acceptors (Lipinski definition) is 4. The van der Waals surface area contributed by atoms with Crippen molar-refractivity contribution in [2.45, 2.75) is 20.3 Å². The third kappa shape index (κ3) is 4.09. The molecule has 25 heavy (non-hydrogen) atoms. The number of hydrogen-bond donors (Lipinski definition) is 2. The van der Waals surface area contributed by atoms with E-state index in [0.717, 1.165) is 5.56 Å². The topological polar surface area (TPSA) is 84.9 Å². The molecule has 6 heteroatoms. The molecule has 1 amide bonds. The van der Waals surface area contributed by atoms with Crippen LogP contribution >= 0.6 is 0 Å². The highest BCUT2D eigenvalue weighted by molar-refractivity contribution is 5.96. The number of methoxy groups -OCH3 is 2. The zero-order valence-electron chi connectivity index (χ0n) is 14.7. The Balaban J connectivity index is 2.27. The second-order valence-corrected chi connectivity index (χ2v) is 5.65. The number of anilines is 1. The van der Waals surface area contributed by atoms with Crippen LogP contribution in [0.3, 0.4) is 0 Å². The molecule has 0 heterocycles. The summed E-state index contributed by atoms with van der Waals surface area (Å²) in [6.45, 7) is 3.54. The van der Waals surface area contributed by atoms with E-state index < -0.39 is 5.97 Å². The first-order chi connectivity index (χ1) is 11.9. The molecule has 0 bridgehead atoms. The maximum absolute atomic E-state index is 12.5. The molecule has 0 aliphatic heterocycles. The summed E-state index contributed by atoms with van der Waals surface area (Å²) < 4.78 is 10.6. The molecule has 0 spiro atoms. The van der Waals surface area contributed by atoms with E-state index in [1.54, 1.807) is 31.2 Å². The van der Waals surface area contributed by atoms with Crippen LogP contribution in [0.25, 0.3) is 0 Å². The number of benzene rings is 2. The number of ether oxygens (including phenoxy) is 2. The summed E-state index contributed by atoms with van der Waals surface area (Å²) in [6.07, 6.45) is 0.0446. The van der Waals surface area contributed by atoms with E-state index in [9.17, 15) is 14.7 Å². The molecule has 0 saturated carbocycles. The summed E-state index contributed by atoms with van der Waals surface area (Å²) in [5.74, 6) is -0.201. The van der Waals surface area contributed by atoms with E-state index in [1.165, 1.54) is 20.3 Å². The Morgan fingerprint density at radius 2 is 1.64 bits per heavy atom. The Bertz CT molecular complexity index is 791. The first-order valence-electron chi connectivity index (χ1n) is 7.71. The fourth-order valence-electron chi connectivity index (χ4n) is 2.67. The molecule has 0 aromatic heterocycles. The molecule has 0 saturated heterocycles. The van der Waals surface area contributed by atoms with Crippen molar-refractivity contribution >= 4 is 17.6 Å². The van der Waals surface area contributed by atoms with Gasteiger partial charge in [0.15, 0.2) is 0 Å². The van der Waals surface area contributed by atoms with Crippen molar-refractivity contribution in [2.75, 3.05) is 19.5 Å². The summed E-state index contributed by atoms with van der Waals surface area (Å²) >= 11 is 0. The largest absolute Gasteiger partial charge is 0.496 e. The first kappa shape index (κ1) is 18.3. The van der Waals surface area contributed by atoms with Crippen molar-refractivity contribution < 1.29 is 24.2 Å². The number of carbonyl (C=O) groups excluding carboxylic acids is 1. The number of amides is 1. The number of carboxylic acid groups (broad SMARTS) is 1. The monoisotopic (exact) mass is 343 g/mol. The second-order valence-electron chi connectivity index (χ2n) is 5.65. The molecule has 2 N–H and O–H groups in total. The van der Waals surface area contributed by atoms with Gasteiger partial charge in [0.05, 0.1) is 26.2 Å². The van der Waals surface area contributed by atoms with Crippen LogP contribution in [-0.4, -0.2) is 31.2 Å². The van der Waals surface area contributed by atoms with Crippen LogP contribution in [0.1, 0.15) is 27.0 Å². The Hall–Kier alpha value is -3.02. The van der Waals surface area contributed by atoms with Gasteiger partial charge in [0.1, 0.15) is 11.5 Å². The van der Waals surface area contributed by atoms with Crippen molar-refractivity contribution in [2.24, 2.45) is 0 Å². The fraction of sp³-hybridized carbons (Fsp3) is 0.263. The lowest BCUT2D eigenvalue weighted by molar-refractivity contribution is -0.115. The lowest BCUT2D eigenvalue weighted by atomic mass is 10.0. The van der Waals surface area contributed by atoms with Gasteiger partial charge in [-0.05, 0) is 43.2 Å². The summed E-state index contributed by atoms with van der Waals surface area (Å²) in [5, 5.41) is 12.0. The fourth-order valence-corrected chi connectivity index (χ4v) is 2.67. The van der Waals surface area contributed by atoms with Crippen LogP contribution in [0.4, 0.5) is 5.69 Å². The summed E-state index contributed by atoms with van der Waals surface area (Å²) in [7, 11) is 3.05. The highest BCUT2D eigenvalue weighted by Gasteiger charge is 2.16. The highest BCUT2D eigenvalue weighted by atomic mass is 16.5. The van der Waals surface area contributed by atoms with Crippen molar-refractivity contribution in [1.82, 2.24) is 0 Å². The van der Waals surface area contributed by atoms with Crippen LogP contribution in [0.15, 0.2) is 30.3 Å². The lowest BCUT2D eigenvalue weighted by Crippen LogP contribution is -2.17. The van der Waals surface area contributed by atoms with Gasteiger partial charge in [-0.2, -0.15) is 0 Å². The minimum absolute atomic E-state index is 0.0446. The second kappa shape index (κ2) is 7.70. The molecular weight excluding hydrogens is 322 g/mol. The van der Waals surface area contributed by atoms with Gasteiger partial charge in [-0.15, -0.1) is 0 Å². The van der Waals surface area contributed by atoms with Crippen LogP contribution in [0, 0.1) is 13.8 Å². The number of carboxylic acids is 1. The molecule has 0 aliphatic carbocycles. The third-order valence-electron chi connectivity index (χ3n) is 3.94. The molecule has 2 aromatic rings. The molecule has 2 rings (SSSR count). The van der Waals surface area contributed by atoms with Gasteiger partial charge in [0, 0.05) is 11.3 Å². The van der Waals surface area contributed by atoms with Crippen LogP contribution in [0.2, 0.25) is 0 Å². The Kier molecular flexibility index (Phi) is 5.64. The number of nitrogens with one attached hydrogen (secondary N) is 1. The quantitative estimate of drug-likeness (QED) is 0.841. The molecule has 0 aliphatic rings. The van der Waals surface area contributed by atoms with Crippen LogP contribution < -0.4 is 14.8 Å². The molecule has 132 valence electrons. The highest BCUT2D eigenvalue weighted by Crippen LogP contribution is 2.29. The SMILES string of the molecule is COc1cccc(OC)c1CC(=O)Nc1cc(C(=O)O)c(C)cc1C. The standard InChI is InChI=1S/C19H21NO5/c1-11-8-12(2)15(9-13(11)19(22)23)20-18(21)10-14-16(24-3)6-5-7-17(14)25-4/h5-9H,10H2,1-4H3,(H,20,21)(H,22,23). The predicted octanol–water partition coefficient (Wildman–Crippen LogP) is 3.20. The molecule has 0 atom stereocenters. The number of aromatic carboxylic acids is 1. The molecule has 0 unspecified atom stereocenters. The van der Waals surface area contributed by atoms with Gasteiger partial charge >= 0.3 is 5.97 Å². The van der Waals surface area contributed by atoms with Crippen molar-refractivity contribution in [3.63, 3.8) is 0 Å². The van der Waals surface area contributed by atoms with E-state index in [0.29, 0.717) is 28.3 Å². The van der Waals surface area contributed by atoms with Crippen LogP contribution in [-0.2, 0) is 11.2 Å². The lowest BCUT2D eigenvalue weighted by Gasteiger charge is -2.14. The van der Waals surface area contributed by atoms with E-state index in [2.05, 4.69) is 5.32 Å². The van der Waals surface area contributed by atoms with Gasteiger partial charge in [-0.3, -0.25) is 4.79 Å². The van der Waals surface area contributed by atoms with Gasteiger partial charge in [0.25, 0.3) is 0 Å². The number of carbonyl (C=O) groups is 2. The molecular formula is C19H21NO5. The summed E-state index contributed by atoms with van der Waals surface area (Å²) in [6, 6.07) is 8.50. The minimum atomic E-state index is -1.03. The summed E-state index contributed by atoms with van der Waals surface area (Å²) in [5.41, 5.74) is 2.71. The van der Waals surface area contributed by atoms with E-state index in [-0.39, 0.29) is 17.9 Å². The van der Waals surface area contributed by atoms with Crippen LogP contribution in [0.5, 0.6) is 11.5 Å². The zero-order valence-corrected chi connectivity index (χ0v) is 14.7.